The van der Waals surface area contributed by atoms with Crippen LogP contribution in [0.25, 0.3) is 0 Å². The maximum atomic E-state index is 12.1. The third-order valence-corrected chi connectivity index (χ3v) is 4.24. The molecule has 0 saturated carbocycles. The Bertz CT molecular complexity index is 254. The van der Waals surface area contributed by atoms with E-state index in [9.17, 15) is 4.79 Å². The van der Waals surface area contributed by atoms with E-state index >= 15 is 0 Å². The van der Waals surface area contributed by atoms with Gasteiger partial charge >= 0.3 is 0 Å². The molecule has 106 valence electrons. The molecule has 0 aliphatic carbocycles. The molecular formula is C14H27ClN2O. The Morgan fingerprint density at radius 3 is 2.78 bits per heavy atom. The first-order chi connectivity index (χ1) is 8.25. The van der Waals surface area contributed by atoms with Gasteiger partial charge < -0.3 is 10.2 Å². The van der Waals surface area contributed by atoms with Crippen LogP contribution in [0.3, 0.4) is 0 Å². The molecule has 1 amide bonds. The second-order valence-electron chi connectivity index (χ2n) is 5.75. The molecule has 0 aromatic carbocycles. The second-order valence-corrected chi connectivity index (χ2v) is 5.75. The summed E-state index contributed by atoms with van der Waals surface area (Å²) in [6.07, 6.45) is 7.97. The van der Waals surface area contributed by atoms with Crippen LogP contribution >= 0.6 is 12.4 Å². The summed E-state index contributed by atoms with van der Waals surface area (Å²) in [5.74, 6) is 1.18. The summed E-state index contributed by atoms with van der Waals surface area (Å²) in [4.78, 5) is 14.2. The molecule has 1 N–H and O–H groups in total. The predicted octanol–water partition coefficient (Wildman–Crippen LogP) is 2.59. The highest BCUT2D eigenvalue weighted by molar-refractivity contribution is 5.85. The fraction of sp³-hybridized carbons (Fsp3) is 0.929. The zero-order valence-electron chi connectivity index (χ0n) is 11.5. The molecule has 2 unspecified atom stereocenters. The summed E-state index contributed by atoms with van der Waals surface area (Å²) < 4.78 is 0. The molecule has 2 aliphatic rings. The molecule has 2 rings (SSSR count). The Hall–Kier alpha value is -0.280. The monoisotopic (exact) mass is 274 g/mol. The van der Waals surface area contributed by atoms with E-state index in [0.717, 1.165) is 38.4 Å². The largest absolute Gasteiger partial charge is 0.343 e. The van der Waals surface area contributed by atoms with Crippen molar-refractivity contribution in [2.45, 2.75) is 57.9 Å². The number of rotatable bonds is 3. The van der Waals surface area contributed by atoms with Gasteiger partial charge in [-0.05, 0) is 51.0 Å². The van der Waals surface area contributed by atoms with Crippen LogP contribution in [0.1, 0.15) is 51.9 Å². The molecule has 2 aliphatic heterocycles. The lowest BCUT2D eigenvalue weighted by atomic mass is 10.0. The highest BCUT2D eigenvalue weighted by Gasteiger charge is 2.20. The molecule has 18 heavy (non-hydrogen) atoms. The van der Waals surface area contributed by atoms with Crippen LogP contribution in [0, 0.1) is 5.92 Å². The molecule has 3 nitrogen and oxygen atoms in total. The molecule has 4 heteroatoms. The Balaban J connectivity index is 0.00000162. The van der Waals surface area contributed by atoms with Crippen molar-refractivity contribution in [2.75, 3.05) is 19.6 Å². The number of halogens is 1. The topological polar surface area (TPSA) is 32.3 Å². The molecule has 0 aromatic rings. The molecule has 2 atom stereocenters. The number of carbonyl (C=O) groups excluding carboxylic acids is 1. The molecule has 0 radical (unpaired) electrons. The first-order valence-corrected chi connectivity index (χ1v) is 7.27. The number of hydrogen-bond acceptors (Lipinski definition) is 2. The number of nitrogens with zero attached hydrogens (tertiary/aromatic N) is 1. The average Bonchev–Trinajstić information content (AvgIpc) is 2.74. The standard InChI is InChI=1S/C14H26N2O.ClH/c1-12-4-3-10-16(11-8-12)14(17)7-6-13-5-2-9-15-13;/h12-13,15H,2-11H2,1H3;1H. The fourth-order valence-corrected chi connectivity index (χ4v) is 2.97. The van der Waals surface area contributed by atoms with E-state index in [1.807, 2.05) is 0 Å². The van der Waals surface area contributed by atoms with Crippen molar-refractivity contribution in [1.82, 2.24) is 10.2 Å². The minimum absolute atomic E-state index is 0. The molecule has 2 heterocycles. The first-order valence-electron chi connectivity index (χ1n) is 7.27. The number of hydrogen-bond donors (Lipinski definition) is 1. The lowest BCUT2D eigenvalue weighted by Crippen LogP contribution is -2.33. The van der Waals surface area contributed by atoms with Crippen molar-refractivity contribution in [3.8, 4) is 0 Å². The van der Waals surface area contributed by atoms with Gasteiger partial charge in [0.05, 0.1) is 0 Å². The summed E-state index contributed by atoms with van der Waals surface area (Å²) in [5, 5.41) is 3.46. The lowest BCUT2D eigenvalue weighted by molar-refractivity contribution is -0.131. The van der Waals surface area contributed by atoms with Gasteiger partial charge in [-0.1, -0.05) is 6.92 Å². The molecule has 0 spiro atoms. The molecule has 2 saturated heterocycles. The van der Waals surface area contributed by atoms with Crippen LogP contribution in [-0.2, 0) is 4.79 Å². The third-order valence-electron chi connectivity index (χ3n) is 4.24. The minimum Gasteiger partial charge on any atom is -0.343 e. The minimum atomic E-state index is 0. The SMILES string of the molecule is CC1CCCN(C(=O)CCC2CCCN2)CC1.Cl. The zero-order chi connectivity index (χ0) is 12.1. The van der Waals surface area contributed by atoms with Crippen LogP contribution in [0.4, 0.5) is 0 Å². The smallest absolute Gasteiger partial charge is 0.222 e. The van der Waals surface area contributed by atoms with E-state index in [1.54, 1.807) is 0 Å². The van der Waals surface area contributed by atoms with E-state index in [4.69, 9.17) is 0 Å². The van der Waals surface area contributed by atoms with Crippen molar-refractivity contribution >= 4 is 18.3 Å². The third kappa shape index (κ3) is 4.77. The Morgan fingerprint density at radius 1 is 1.22 bits per heavy atom. The maximum Gasteiger partial charge on any atom is 0.222 e. The van der Waals surface area contributed by atoms with E-state index in [-0.39, 0.29) is 12.4 Å². The van der Waals surface area contributed by atoms with Gasteiger partial charge in [-0.2, -0.15) is 0 Å². The van der Waals surface area contributed by atoms with Gasteiger partial charge in [0.25, 0.3) is 0 Å². The lowest BCUT2D eigenvalue weighted by Gasteiger charge is -2.21. The van der Waals surface area contributed by atoms with Crippen LogP contribution in [-0.4, -0.2) is 36.5 Å². The Morgan fingerprint density at radius 2 is 2.06 bits per heavy atom. The summed E-state index contributed by atoms with van der Waals surface area (Å²) in [5.41, 5.74) is 0. The molecule has 0 bridgehead atoms. The van der Waals surface area contributed by atoms with E-state index in [0.29, 0.717) is 11.9 Å². The summed E-state index contributed by atoms with van der Waals surface area (Å²) >= 11 is 0. The van der Waals surface area contributed by atoms with Crippen molar-refractivity contribution < 1.29 is 4.79 Å². The quantitative estimate of drug-likeness (QED) is 0.858. The van der Waals surface area contributed by atoms with Gasteiger partial charge in [0, 0.05) is 25.6 Å². The van der Waals surface area contributed by atoms with Gasteiger partial charge in [0.15, 0.2) is 0 Å². The van der Waals surface area contributed by atoms with Gasteiger partial charge in [-0.15, -0.1) is 12.4 Å². The fourth-order valence-electron chi connectivity index (χ4n) is 2.97. The van der Waals surface area contributed by atoms with Crippen molar-refractivity contribution in [3.05, 3.63) is 0 Å². The van der Waals surface area contributed by atoms with Gasteiger partial charge in [-0.3, -0.25) is 4.79 Å². The molecule has 2 fully saturated rings. The number of carbonyl (C=O) groups is 1. The van der Waals surface area contributed by atoms with Crippen molar-refractivity contribution in [1.29, 1.82) is 0 Å². The van der Waals surface area contributed by atoms with Crippen LogP contribution < -0.4 is 5.32 Å². The van der Waals surface area contributed by atoms with Crippen molar-refractivity contribution in [3.63, 3.8) is 0 Å². The summed E-state index contributed by atoms with van der Waals surface area (Å²) in [6.45, 7) is 5.41. The van der Waals surface area contributed by atoms with E-state index in [2.05, 4.69) is 17.1 Å². The first kappa shape index (κ1) is 15.8. The van der Waals surface area contributed by atoms with Crippen LogP contribution in [0.2, 0.25) is 0 Å². The number of nitrogens with one attached hydrogen (secondary N) is 1. The predicted molar refractivity (Wildman–Crippen MR) is 77.1 cm³/mol. The number of likely N-dealkylation sites (tertiary alicyclic amines) is 1. The molecule has 0 aromatic heterocycles. The van der Waals surface area contributed by atoms with Crippen molar-refractivity contribution in [2.24, 2.45) is 5.92 Å². The zero-order valence-corrected chi connectivity index (χ0v) is 12.3. The number of amides is 1. The van der Waals surface area contributed by atoms with Crippen LogP contribution in [0.5, 0.6) is 0 Å². The van der Waals surface area contributed by atoms with E-state index < -0.39 is 0 Å². The normalized spacial score (nSPS) is 28.6. The van der Waals surface area contributed by atoms with Crippen LogP contribution in [0.15, 0.2) is 0 Å². The van der Waals surface area contributed by atoms with Gasteiger partial charge in [0.2, 0.25) is 5.91 Å². The second kappa shape index (κ2) is 8.00. The summed E-state index contributed by atoms with van der Waals surface area (Å²) in [6, 6.07) is 0.602. The highest BCUT2D eigenvalue weighted by Crippen LogP contribution is 2.18. The Labute approximate surface area is 117 Å². The van der Waals surface area contributed by atoms with E-state index in [1.165, 1.54) is 32.1 Å². The highest BCUT2D eigenvalue weighted by atomic mass is 35.5. The van der Waals surface area contributed by atoms with Gasteiger partial charge in [-0.25, -0.2) is 0 Å². The Kier molecular flexibility index (Phi) is 7.02. The maximum absolute atomic E-state index is 12.1. The van der Waals surface area contributed by atoms with Gasteiger partial charge in [0.1, 0.15) is 0 Å². The summed E-state index contributed by atoms with van der Waals surface area (Å²) in [7, 11) is 0. The molecular weight excluding hydrogens is 248 g/mol. The average molecular weight is 275 g/mol.